The predicted molar refractivity (Wildman–Crippen MR) is 68.0 cm³/mol. The first kappa shape index (κ1) is 13.9. The third-order valence-corrected chi connectivity index (χ3v) is 2.28. The Labute approximate surface area is 106 Å². The number of hydrogen-bond donors (Lipinski definition) is 2. The quantitative estimate of drug-likeness (QED) is 0.794. The van der Waals surface area contributed by atoms with Crippen LogP contribution in [0, 0.1) is 0 Å². The number of amides is 2. The maximum absolute atomic E-state index is 11.2. The number of hydrogen-bond acceptors (Lipinski definition) is 6. The van der Waals surface area contributed by atoms with E-state index < -0.39 is 6.03 Å². The van der Waals surface area contributed by atoms with E-state index in [0.29, 0.717) is 5.95 Å². The summed E-state index contributed by atoms with van der Waals surface area (Å²) in [4.78, 5) is 25.4. The molecule has 0 atom stereocenters. The number of ether oxygens (including phenoxy) is 1. The van der Waals surface area contributed by atoms with Gasteiger partial charge in [-0.3, -0.25) is 5.32 Å². The SMILES string of the molecule is CCN(CC)c1nc(NC(=O)NC)nc(OC)n1. The van der Waals surface area contributed by atoms with Gasteiger partial charge in [0, 0.05) is 20.1 Å². The standard InChI is InChI=1S/C10H18N6O2/c1-5-16(6-2)8-12-7(13-9(17)11-3)14-10(15-8)18-4/h5-6H2,1-4H3,(H2,11,12,13,14,15,17). The molecule has 0 aliphatic carbocycles. The third-order valence-electron chi connectivity index (χ3n) is 2.28. The van der Waals surface area contributed by atoms with Crippen LogP contribution in [0.3, 0.4) is 0 Å². The molecule has 1 heterocycles. The summed E-state index contributed by atoms with van der Waals surface area (Å²) in [6, 6.07) is -0.230. The Hall–Kier alpha value is -2.12. The number of nitrogens with one attached hydrogen (secondary N) is 2. The summed E-state index contributed by atoms with van der Waals surface area (Å²) in [6.07, 6.45) is 0. The molecule has 2 N–H and O–H groups in total. The van der Waals surface area contributed by atoms with Crippen LogP contribution >= 0.6 is 0 Å². The zero-order valence-corrected chi connectivity index (χ0v) is 11.0. The Bertz CT molecular complexity index is 407. The van der Waals surface area contributed by atoms with Crippen molar-refractivity contribution >= 4 is 17.9 Å². The van der Waals surface area contributed by atoms with Crippen LogP contribution in [0.15, 0.2) is 0 Å². The molecule has 0 aromatic carbocycles. The zero-order chi connectivity index (χ0) is 13.5. The molecular weight excluding hydrogens is 236 g/mol. The lowest BCUT2D eigenvalue weighted by Gasteiger charge is -2.19. The lowest BCUT2D eigenvalue weighted by molar-refractivity contribution is 0.253. The number of urea groups is 1. The van der Waals surface area contributed by atoms with E-state index >= 15 is 0 Å². The summed E-state index contributed by atoms with van der Waals surface area (Å²) in [7, 11) is 2.98. The van der Waals surface area contributed by atoms with Crippen LogP contribution in [0.5, 0.6) is 6.01 Å². The molecule has 8 heteroatoms. The number of carbonyl (C=O) groups is 1. The Morgan fingerprint density at radius 3 is 2.44 bits per heavy atom. The molecule has 0 saturated carbocycles. The van der Waals surface area contributed by atoms with Crippen molar-refractivity contribution in [1.29, 1.82) is 0 Å². The van der Waals surface area contributed by atoms with Crippen molar-refractivity contribution in [3.05, 3.63) is 0 Å². The van der Waals surface area contributed by atoms with Crippen molar-refractivity contribution in [3.63, 3.8) is 0 Å². The molecular formula is C10H18N6O2. The molecule has 1 aromatic heterocycles. The molecule has 1 rings (SSSR count). The number of methoxy groups -OCH3 is 1. The second-order valence-electron chi connectivity index (χ2n) is 3.32. The summed E-state index contributed by atoms with van der Waals surface area (Å²) in [5, 5.41) is 4.91. The lowest BCUT2D eigenvalue weighted by atomic mass is 10.5. The number of nitrogens with zero attached hydrogens (tertiary/aromatic N) is 4. The van der Waals surface area contributed by atoms with Gasteiger partial charge in [0.2, 0.25) is 11.9 Å². The monoisotopic (exact) mass is 254 g/mol. The van der Waals surface area contributed by atoms with Crippen molar-refractivity contribution < 1.29 is 9.53 Å². The molecule has 1 aromatic rings. The van der Waals surface area contributed by atoms with E-state index in [4.69, 9.17) is 4.74 Å². The second-order valence-corrected chi connectivity index (χ2v) is 3.32. The average Bonchev–Trinajstić information content (AvgIpc) is 2.39. The maximum atomic E-state index is 11.2. The normalized spacial score (nSPS) is 9.78. The highest BCUT2D eigenvalue weighted by Crippen LogP contribution is 2.14. The minimum atomic E-state index is -0.395. The van der Waals surface area contributed by atoms with Crippen LogP contribution in [0.4, 0.5) is 16.7 Å². The van der Waals surface area contributed by atoms with Crippen molar-refractivity contribution in [2.45, 2.75) is 13.8 Å². The molecule has 100 valence electrons. The zero-order valence-electron chi connectivity index (χ0n) is 11.0. The van der Waals surface area contributed by atoms with Crippen LogP contribution in [0.1, 0.15) is 13.8 Å². The van der Waals surface area contributed by atoms with E-state index in [2.05, 4.69) is 25.6 Å². The molecule has 8 nitrogen and oxygen atoms in total. The van der Waals surface area contributed by atoms with Gasteiger partial charge in [-0.05, 0) is 13.8 Å². The van der Waals surface area contributed by atoms with Gasteiger partial charge in [0.15, 0.2) is 0 Å². The smallest absolute Gasteiger partial charge is 0.322 e. The van der Waals surface area contributed by atoms with Crippen molar-refractivity contribution in [2.24, 2.45) is 0 Å². The molecule has 2 amide bonds. The molecule has 0 fully saturated rings. The number of rotatable bonds is 5. The number of anilines is 2. The summed E-state index contributed by atoms with van der Waals surface area (Å²) >= 11 is 0. The van der Waals surface area contributed by atoms with Gasteiger partial charge in [-0.15, -0.1) is 0 Å². The first-order valence-corrected chi connectivity index (χ1v) is 5.68. The van der Waals surface area contributed by atoms with E-state index in [1.54, 1.807) is 0 Å². The Kier molecular flexibility index (Phi) is 5.09. The Morgan fingerprint density at radius 2 is 1.94 bits per heavy atom. The van der Waals surface area contributed by atoms with Gasteiger partial charge in [0.1, 0.15) is 0 Å². The van der Waals surface area contributed by atoms with Crippen molar-refractivity contribution in [3.8, 4) is 6.01 Å². The van der Waals surface area contributed by atoms with E-state index in [1.165, 1.54) is 14.2 Å². The fourth-order valence-corrected chi connectivity index (χ4v) is 1.30. The van der Waals surface area contributed by atoms with Gasteiger partial charge in [0.25, 0.3) is 0 Å². The molecule has 0 radical (unpaired) electrons. The van der Waals surface area contributed by atoms with Gasteiger partial charge in [0.05, 0.1) is 7.11 Å². The number of aromatic nitrogens is 3. The topological polar surface area (TPSA) is 92.3 Å². The first-order valence-electron chi connectivity index (χ1n) is 5.68. The molecule has 0 bridgehead atoms. The van der Waals surface area contributed by atoms with Gasteiger partial charge in [-0.1, -0.05) is 0 Å². The maximum Gasteiger partial charge on any atom is 0.322 e. The highest BCUT2D eigenvalue weighted by molar-refractivity contribution is 5.87. The van der Waals surface area contributed by atoms with Crippen LogP contribution in [0.25, 0.3) is 0 Å². The predicted octanol–water partition coefficient (Wildman–Crippen LogP) is 0.478. The third kappa shape index (κ3) is 3.44. The highest BCUT2D eigenvalue weighted by atomic mass is 16.5. The summed E-state index contributed by atoms with van der Waals surface area (Å²) in [5.74, 6) is 0.626. The van der Waals surface area contributed by atoms with Crippen LogP contribution < -0.4 is 20.3 Å². The van der Waals surface area contributed by atoms with E-state index in [9.17, 15) is 4.79 Å². The molecule has 0 aliphatic rings. The minimum absolute atomic E-state index is 0.156. The van der Waals surface area contributed by atoms with E-state index in [1.807, 2.05) is 18.7 Å². The minimum Gasteiger partial charge on any atom is -0.467 e. The molecule has 0 unspecified atom stereocenters. The summed E-state index contributed by atoms with van der Waals surface area (Å²) < 4.78 is 4.99. The highest BCUT2D eigenvalue weighted by Gasteiger charge is 2.12. The average molecular weight is 254 g/mol. The largest absolute Gasteiger partial charge is 0.467 e. The van der Waals surface area contributed by atoms with Crippen LogP contribution in [-0.4, -0.2) is 48.2 Å². The lowest BCUT2D eigenvalue weighted by Crippen LogP contribution is -2.28. The number of carbonyl (C=O) groups excluding carboxylic acids is 1. The van der Waals surface area contributed by atoms with Crippen molar-refractivity contribution in [2.75, 3.05) is 37.5 Å². The van der Waals surface area contributed by atoms with Crippen LogP contribution in [-0.2, 0) is 0 Å². The molecule has 0 saturated heterocycles. The summed E-state index contributed by atoms with van der Waals surface area (Å²) in [6.45, 7) is 5.49. The van der Waals surface area contributed by atoms with Gasteiger partial charge >= 0.3 is 12.0 Å². The molecule has 0 aliphatic heterocycles. The van der Waals surface area contributed by atoms with E-state index in [0.717, 1.165) is 13.1 Å². The van der Waals surface area contributed by atoms with Crippen molar-refractivity contribution in [1.82, 2.24) is 20.3 Å². The fourth-order valence-electron chi connectivity index (χ4n) is 1.30. The Morgan fingerprint density at radius 1 is 1.28 bits per heavy atom. The van der Waals surface area contributed by atoms with E-state index in [-0.39, 0.29) is 12.0 Å². The second kappa shape index (κ2) is 6.58. The summed E-state index contributed by atoms with van der Waals surface area (Å²) in [5.41, 5.74) is 0. The van der Waals surface area contributed by atoms with Gasteiger partial charge in [-0.2, -0.15) is 15.0 Å². The van der Waals surface area contributed by atoms with Gasteiger partial charge < -0.3 is 15.0 Å². The van der Waals surface area contributed by atoms with Gasteiger partial charge in [-0.25, -0.2) is 4.79 Å². The first-order chi connectivity index (χ1) is 8.64. The van der Waals surface area contributed by atoms with Crippen LogP contribution in [0.2, 0.25) is 0 Å². The molecule has 0 spiro atoms. The fraction of sp³-hybridized carbons (Fsp3) is 0.600. The molecule has 18 heavy (non-hydrogen) atoms. The Balaban J connectivity index is 3.04.